The number of hydrogen-bond donors (Lipinski definition) is 0. The number of Topliss-reactive ketones (excluding diaryl/α,β-unsaturated/α-hetero) is 1. The van der Waals surface area contributed by atoms with Gasteiger partial charge in [0.15, 0.2) is 5.78 Å². The standard InChI is InChI=1S/C16H11F3O/c17-16(18,19)14-7-2-1-4-12(14)10-5-3-6-13-11(10)8-9-15(13)20/h1-7H,8-9H2. The first-order valence-electron chi connectivity index (χ1n) is 6.30. The molecule has 0 atom stereocenters. The number of halogens is 3. The van der Waals surface area contributed by atoms with Crippen LogP contribution in [0.25, 0.3) is 11.1 Å². The van der Waals surface area contributed by atoms with Gasteiger partial charge >= 0.3 is 6.18 Å². The van der Waals surface area contributed by atoms with Gasteiger partial charge in [-0.3, -0.25) is 4.79 Å². The molecule has 2 aromatic carbocycles. The van der Waals surface area contributed by atoms with E-state index in [-0.39, 0.29) is 11.3 Å². The maximum Gasteiger partial charge on any atom is 0.417 e. The van der Waals surface area contributed by atoms with E-state index in [0.29, 0.717) is 24.0 Å². The zero-order chi connectivity index (χ0) is 14.3. The summed E-state index contributed by atoms with van der Waals surface area (Å²) < 4.78 is 39.3. The van der Waals surface area contributed by atoms with Crippen molar-refractivity contribution in [1.82, 2.24) is 0 Å². The molecule has 2 aromatic rings. The summed E-state index contributed by atoms with van der Waals surface area (Å²) in [6.07, 6.45) is -3.51. The van der Waals surface area contributed by atoms with Crippen molar-refractivity contribution in [3.8, 4) is 11.1 Å². The van der Waals surface area contributed by atoms with E-state index in [0.717, 1.165) is 11.6 Å². The molecule has 0 aromatic heterocycles. The van der Waals surface area contributed by atoms with Gasteiger partial charge in [0.2, 0.25) is 0 Å². The van der Waals surface area contributed by atoms with Crippen molar-refractivity contribution in [2.24, 2.45) is 0 Å². The number of benzene rings is 2. The lowest BCUT2D eigenvalue weighted by Gasteiger charge is -2.15. The fourth-order valence-electron chi connectivity index (χ4n) is 2.71. The normalized spacial score (nSPS) is 14.4. The smallest absolute Gasteiger partial charge is 0.294 e. The maximum absolute atomic E-state index is 13.1. The first-order valence-corrected chi connectivity index (χ1v) is 6.30. The van der Waals surface area contributed by atoms with Gasteiger partial charge < -0.3 is 0 Å². The lowest BCUT2D eigenvalue weighted by molar-refractivity contribution is -0.137. The van der Waals surface area contributed by atoms with Crippen LogP contribution in [0, 0.1) is 0 Å². The average molecular weight is 276 g/mol. The summed E-state index contributed by atoms with van der Waals surface area (Å²) in [6.45, 7) is 0. The summed E-state index contributed by atoms with van der Waals surface area (Å²) in [5.41, 5.74) is 1.29. The van der Waals surface area contributed by atoms with Crippen LogP contribution < -0.4 is 0 Å². The fourth-order valence-corrected chi connectivity index (χ4v) is 2.71. The van der Waals surface area contributed by atoms with Gasteiger partial charge in [-0.25, -0.2) is 0 Å². The van der Waals surface area contributed by atoms with Crippen molar-refractivity contribution in [1.29, 1.82) is 0 Å². The van der Waals surface area contributed by atoms with E-state index in [4.69, 9.17) is 0 Å². The molecule has 0 amide bonds. The van der Waals surface area contributed by atoms with Crippen LogP contribution in [0.2, 0.25) is 0 Å². The molecule has 4 heteroatoms. The zero-order valence-electron chi connectivity index (χ0n) is 10.5. The van der Waals surface area contributed by atoms with Crippen molar-refractivity contribution in [2.45, 2.75) is 19.0 Å². The second-order valence-electron chi connectivity index (χ2n) is 4.80. The molecule has 0 radical (unpaired) electrons. The molecular weight excluding hydrogens is 265 g/mol. The quantitative estimate of drug-likeness (QED) is 0.749. The number of rotatable bonds is 1. The molecule has 0 fully saturated rings. The van der Waals surface area contributed by atoms with Crippen LogP contribution in [0.15, 0.2) is 42.5 Å². The minimum atomic E-state index is -4.40. The van der Waals surface area contributed by atoms with Gasteiger partial charge in [0.1, 0.15) is 0 Å². The van der Waals surface area contributed by atoms with Crippen molar-refractivity contribution < 1.29 is 18.0 Å². The molecule has 0 spiro atoms. The van der Waals surface area contributed by atoms with E-state index in [2.05, 4.69) is 0 Å². The van der Waals surface area contributed by atoms with Crippen molar-refractivity contribution in [3.05, 3.63) is 59.2 Å². The molecule has 0 aliphatic heterocycles. The third-order valence-electron chi connectivity index (χ3n) is 3.60. The molecule has 0 saturated heterocycles. The Morgan fingerprint density at radius 3 is 2.20 bits per heavy atom. The summed E-state index contributed by atoms with van der Waals surface area (Å²) in [5.74, 6) is 0.00587. The molecule has 0 unspecified atom stereocenters. The number of fused-ring (bicyclic) bond motifs is 1. The predicted octanol–water partition coefficient (Wildman–Crippen LogP) is 4.50. The van der Waals surface area contributed by atoms with Crippen molar-refractivity contribution in [3.63, 3.8) is 0 Å². The third kappa shape index (κ3) is 2.01. The van der Waals surface area contributed by atoms with Gasteiger partial charge in [-0.1, -0.05) is 36.4 Å². The maximum atomic E-state index is 13.1. The van der Waals surface area contributed by atoms with Crippen LogP contribution in [-0.4, -0.2) is 5.78 Å². The molecule has 3 rings (SSSR count). The molecule has 1 nitrogen and oxygen atoms in total. The number of carbonyl (C=O) groups excluding carboxylic acids is 1. The van der Waals surface area contributed by atoms with Gasteiger partial charge in [-0.2, -0.15) is 13.2 Å². The topological polar surface area (TPSA) is 17.1 Å². The Morgan fingerprint density at radius 1 is 0.800 bits per heavy atom. The predicted molar refractivity (Wildman–Crippen MR) is 69.5 cm³/mol. The lowest BCUT2D eigenvalue weighted by atomic mass is 9.93. The van der Waals surface area contributed by atoms with Crippen LogP contribution in [-0.2, 0) is 12.6 Å². The number of carbonyl (C=O) groups is 1. The van der Waals surface area contributed by atoms with Crippen LogP contribution in [0.3, 0.4) is 0 Å². The highest BCUT2D eigenvalue weighted by atomic mass is 19.4. The first kappa shape index (κ1) is 12.9. The van der Waals surface area contributed by atoms with E-state index < -0.39 is 11.7 Å². The SMILES string of the molecule is O=C1CCc2c1cccc2-c1ccccc1C(F)(F)F. The second-order valence-corrected chi connectivity index (χ2v) is 4.80. The highest BCUT2D eigenvalue weighted by Crippen LogP contribution is 2.40. The lowest BCUT2D eigenvalue weighted by Crippen LogP contribution is -2.07. The monoisotopic (exact) mass is 276 g/mol. The van der Waals surface area contributed by atoms with Gasteiger partial charge in [-0.15, -0.1) is 0 Å². The van der Waals surface area contributed by atoms with Crippen LogP contribution in [0.1, 0.15) is 27.9 Å². The summed E-state index contributed by atoms with van der Waals surface area (Å²) >= 11 is 0. The molecule has 1 aliphatic rings. The minimum absolute atomic E-state index is 0.00587. The largest absolute Gasteiger partial charge is 0.417 e. The number of hydrogen-bond acceptors (Lipinski definition) is 1. The molecule has 20 heavy (non-hydrogen) atoms. The molecule has 0 heterocycles. The minimum Gasteiger partial charge on any atom is -0.294 e. The van der Waals surface area contributed by atoms with E-state index in [1.807, 2.05) is 0 Å². The number of ketones is 1. The van der Waals surface area contributed by atoms with Crippen LogP contribution >= 0.6 is 0 Å². The molecule has 0 N–H and O–H groups in total. The number of alkyl halides is 3. The van der Waals surface area contributed by atoms with Gasteiger partial charge in [0.25, 0.3) is 0 Å². The van der Waals surface area contributed by atoms with Crippen LogP contribution in [0.4, 0.5) is 13.2 Å². The Kier molecular flexibility index (Phi) is 2.89. The van der Waals surface area contributed by atoms with E-state index in [1.54, 1.807) is 24.3 Å². The van der Waals surface area contributed by atoms with Crippen molar-refractivity contribution in [2.75, 3.05) is 0 Å². The fraction of sp³-hybridized carbons (Fsp3) is 0.188. The Balaban J connectivity index is 2.24. The highest BCUT2D eigenvalue weighted by Gasteiger charge is 2.34. The Labute approximate surface area is 114 Å². The summed E-state index contributed by atoms with van der Waals surface area (Å²) in [4.78, 5) is 11.7. The summed E-state index contributed by atoms with van der Waals surface area (Å²) in [7, 11) is 0. The Bertz CT molecular complexity index is 686. The zero-order valence-corrected chi connectivity index (χ0v) is 10.5. The molecule has 0 bridgehead atoms. The summed E-state index contributed by atoms with van der Waals surface area (Å²) in [6, 6.07) is 10.5. The van der Waals surface area contributed by atoms with Crippen LogP contribution in [0.5, 0.6) is 0 Å². The Hall–Kier alpha value is -2.10. The van der Waals surface area contributed by atoms with Crippen molar-refractivity contribution >= 4 is 5.78 Å². The van der Waals surface area contributed by atoms with E-state index in [1.165, 1.54) is 12.1 Å². The van der Waals surface area contributed by atoms with Gasteiger partial charge in [-0.05, 0) is 29.2 Å². The second kappa shape index (κ2) is 4.47. The van der Waals surface area contributed by atoms with Gasteiger partial charge in [0, 0.05) is 12.0 Å². The van der Waals surface area contributed by atoms with E-state index >= 15 is 0 Å². The molecular formula is C16H11F3O. The molecule has 1 aliphatic carbocycles. The molecule has 0 saturated carbocycles. The first-order chi connectivity index (χ1) is 9.48. The third-order valence-corrected chi connectivity index (χ3v) is 3.60. The van der Waals surface area contributed by atoms with Gasteiger partial charge in [0.05, 0.1) is 5.56 Å². The Morgan fingerprint density at radius 2 is 1.45 bits per heavy atom. The average Bonchev–Trinajstić information content (AvgIpc) is 2.80. The summed E-state index contributed by atoms with van der Waals surface area (Å²) in [5, 5.41) is 0. The van der Waals surface area contributed by atoms with E-state index in [9.17, 15) is 18.0 Å². The highest BCUT2D eigenvalue weighted by molar-refractivity contribution is 6.02. The molecule has 102 valence electrons.